The number of benzene rings is 1. The van der Waals surface area contributed by atoms with Crippen LogP contribution in [0.1, 0.15) is 47.3 Å². The van der Waals surface area contributed by atoms with Gasteiger partial charge in [-0.25, -0.2) is 17.9 Å². The molecule has 8 heteroatoms. The molecule has 0 aliphatic carbocycles. The SMILES string of the molecule is Cc1nn2cccnc2c1C(=O)CCc1ccc(S(=O)(=O)N2CCCCC2)cc1. The Labute approximate surface area is 170 Å². The first-order valence-corrected chi connectivity index (χ1v) is 11.3. The molecule has 1 saturated heterocycles. The second kappa shape index (κ2) is 8.04. The van der Waals surface area contributed by atoms with Gasteiger partial charge in [0.1, 0.15) is 0 Å². The number of sulfonamides is 1. The number of hydrogen-bond acceptors (Lipinski definition) is 5. The van der Waals surface area contributed by atoms with Crippen molar-refractivity contribution < 1.29 is 13.2 Å². The normalized spacial score (nSPS) is 15.6. The molecule has 1 aromatic carbocycles. The Morgan fingerprint density at radius 1 is 1.10 bits per heavy atom. The molecule has 2 aromatic heterocycles. The number of rotatable bonds is 6. The summed E-state index contributed by atoms with van der Waals surface area (Å²) in [5, 5.41) is 4.33. The van der Waals surface area contributed by atoms with Crippen molar-refractivity contribution in [1.29, 1.82) is 0 Å². The molecule has 7 nitrogen and oxygen atoms in total. The highest BCUT2D eigenvalue weighted by molar-refractivity contribution is 7.89. The molecule has 0 N–H and O–H groups in total. The van der Waals surface area contributed by atoms with Crippen molar-refractivity contribution in [2.24, 2.45) is 0 Å². The summed E-state index contributed by atoms with van der Waals surface area (Å²) in [7, 11) is -3.43. The minimum Gasteiger partial charge on any atom is -0.294 e. The van der Waals surface area contributed by atoms with Gasteiger partial charge in [-0.2, -0.15) is 9.40 Å². The van der Waals surface area contributed by atoms with Gasteiger partial charge in [0.2, 0.25) is 10.0 Å². The summed E-state index contributed by atoms with van der Waals surface area (Å²) in [6.45, 7) is 2.99. The number of carbonyl (C=O) groups is 1. The van der Waals surface area contributed by atoms with Gasteiger partial charge in [0.05, 0.1) is 16.2 Å². The van der Waals surface area contributed by atoms with E-state index in [1.54, 1.807) is 51.5 Å². The van der Waals surface area contributed by atoms with Crippen molar-refractivity contribution in [3.63, 3.8) is 0 Å². The van der Waals surface area contributed by atoms with Crippen molar-refractivity contribution in [3.8, 4) is 0 Å². The third-order valence-corrected chi connectivity index (χ3v) is 7.28. The smallest absolute Gasteiger partial charge is 0.243 e. The van der Waals surface area contributed by atoms with Crippen molar-refractivity contribution in [3.05, 3.63) is 59.5 Å². The van der Waals surface area contributed by atoms with E-state index in [0.717, 1.165) is 24.8 Å². The average Bonchev–Trinajstić information content (AvgIpc) is 3.08. The van der Waals surface area contributed by atoms with Crippen LogP contribution >= 0.6 is 0 Å². The van der Waals surface area contributed by atoms with Crippen LogP contribution in [-0.2, 0) is 16.4 Å². The summed E-state index contributed by atoms with van der Waals surface area (Å²) in [5.74, 6) is -0.0128. The van der Waals surface area contributed by atoms with Crippen molar-refractivity contribution in [1.82, 2.24) is 18.9 Å². The molecule has 152 valence electrons. The quantitative estimate of drug-likeness (QED) is 0.581. The van der Waals surface area contributed by atoms with Crippen LogP contribution in [0.15, 0.2) is 47.6 Å². The number of fused-ring (bicyclic) bond motifs is 1. The first kappa shape index (κ1) is 19.7. The highest BCUT2D eigenvalue weighted by atomic mass is 32.2. The fraction of sp³-hybridized carbons (Fsp3) is 0.381. The Bertz CT molecular complexity index is 1130. The lowest BCUT2D eigenvalue weighted by Crippen LogP contribution is -2.35. The molecule has 0 unspecified atom stereocenters. The van der Waals surface area contributed by atoms with E-state index in [9.17, 15) is 13.2 Å². The van der Waals surface area contributed by atoms with E-state index in [0.29, 0.717) is 47.7 Å². The molecule has 0 atom stereocenters. The number of piperidine rings is 1. The van der Waals surface area contributed by atoms with E-state index < -0.39 is 10.0 Å². The third-order valence-electron chi connectivity index (χ3n) is 5.37. The van der Waals surface area contributed by atoms with Crippen LogP contribution < -0.4 is 0 Å². The van der Waals surface area contributed by atoms with Gasteiger partial charge < -0.3 is 0 Å². The molecule has 0 amide bonds. The largest absolute Gasteiger partial charge is 0.294 e. The monoisotopic (exact) mass is 412 g/mol. The second-order valence-electron chi connectivity index (χ2n) is 7.38. The van der Waals surface area contributed by atoms with Crippen LogP contribution in [0.4, 0.5) is 0 Å². The minimum absolute atomic E-state index is 0.0128. The Balaban J connectivity index is 1.45. The van der Waals surface area contributed by atoms with Gasteiger partial charge >= 0.3 is 0 Å². The fourth-order valence-corrected chi connectivity index (χ4v) is 5.31. The first-order chi connectivity index (χ1) is 14.0. The summed E-state index contributed by atoms with van der Waals surface area (Å²) in [4.78, 5) is 17.3. The van der Waals surface area contributed by atoms with Crippen LogP contribution in [0.2, 0.25) is 0 Å². The number of nitrogens with zero attached hydrogens (tertiary/aromatic N) is 4. The van der Waals surface area contributed by atoms with Gasteiger partial charge in [0.15, 0.2) is 11.4 Å². The highest BCUT2D eigenvalue weighted by Gasteiger charge is 2.25. The van der Waals surface area contributed by atoms with Crippen LogP contribution in [0.25, 0.3) is 5.65 Å². The molecule has 3 aromatic rings. The Morgan fingerprint density at radius 3 is 2.55 bits per heavy atom. The molecule has 1 aliphatic heterocycles. The summed E-state index contributed by atoms with van der Waals surface area (Å²) in [6, 6.07) is 8.65. The highest BCUT2D eigenvalue weighted by Crippen LogP contribution is 2.22. The van der Waals surface area contributed by atoms with E-state index in [4.69, 9.17) is 0 Å². The lowest BCUT2D eigenvalue weighted by atomic mass is 10.0. The second-order valence-corrected chi connectivity index (χ2v) is 9.32. The number of aromatic nitrogens is 3. The number of carbonyl (C=O) groups excluding carboxylic acids is 1. The van der Waals surface area contributed by atoms with E-state index in [1.165, 1.54) is 0 Å². The van der Waals surface area contributed by atoms with E-state index >= 15 is 0 Å². The number of ketones is 1. The van der Waals surface area contributed by atoms with Gasteiger partial charge in [-0.3, -0.25) is 4.79 Å². The Morgan fingerprint density at radius 2 is 1.83 bits per heavy atom. The van der Waals surface area contributed by atoms with Gasteiger partial charge in [-0.1, -0.05) is 18.6 Å². The molecule has 0 bridgehead atoms. The maximum Gasteiger partial charge on any atom is 0.243 e. The topological polar surface area (TPSA) is 84.6 Å². The van der Waals surface area contributed by atoms with Gasteiger partial charge in [0.25, 0.3) is 0 Å². The number of Topliss-reactive ketones (excluding diaryl/α,β-unsaturated/α-hetero) is 1. The molecule has 29 heavy (non-hydrogen) atoms. The molecule has 1 aliphatic rings. The lowest BCUT2D eigenvalue weighted by molar-refractivity contribution is 0.0983. The molecule has 4 rings (SSSR count). The van der Waals surface area contributed by atoms with Crippen molar-refractivity contribution >= 4 is 21.5 Å². The van der Waals surface area contributed by atoms with E-state index in [2.05, 4.69) is 10.1 Å². The van der Waals surface area contributed by atoms with Gasteiger partial charge in [-0.15, -0.1) is 0 Å². The Hall–Kier alpha value is -2.58. The van der Waals surface area contributed by atoms with Crippen LogP contribution in [0, 0.1) is 6.92 Å². The summed E-state index contributed by atoms with van der Waals surface area (Å²) in [5.41, 5.74) is 2.71. The molecule has 0 spiro atoms. The van der Waals surface area contributed by atoms with E-state index in [-0.39, 0.29) is 5.78 Å². The van der Waals surface area contributed by atoms with Gasteiger partial charge in [-0.05, 0) is 49.9 Å². The minimum atomic E-state index is -3.43. The molecule has 1 fully saturated rings. The zero-order chi connectivity index (χ0) is 20.4. The molecule has 0 radical (unpaired) electrons. The number of hydrogen-bond donors (Lipinski definition) is 0. The van der Waals surface area contributed by atoms with Crippen LogP contribution in [0.3, 0.4) is 0 Å². The van der Waals surface area contributed by atoms with E-state index in [1.807, 2.05) is 6.92 Å². The zero-order valence-corrected chi connectivity index (χ0v) is 17.2. The van der Waals surface area contributed by atoms with Crippen molar-refractivity contribution in [2.45, 2.75) is 43.9 Å². The zero-order valence-electron chi connectivity index (χ0n) is 16.4. The molecule has 3 heterocycles. The summed E-state index contributed by atoms with van der Waals surface area (Å²) < 4.78 is 28.7. The lowest BCUT2D eigenvalue weighted by Gasteiger charge is -2.25. The third kappa shape index (κ3) is 3.95. The maximum absolute atomic E-state index is 12.8. The molecular formula is C21H24N4O3S. The molecule has 0 saturated carbocycles. The predicted octanol–water partition coefficient (Wildman–Crippen LogP) is 3.03. The van der Waals surface area contributed by atoms with Crippen LogP contribution in [0.5, 0.6) is 0 Å². The summed E-state index contributed by atoms with van der Waals surface area (Å²) >= 11 is 0. The van der Waals surface area contributed by atoms with Crippen molar-refractivity contribution in [2.75, 3.05) is 13.1 Å². The first-order valence-electron chi connectivity index (χ1n) is 9.89. The number of aryl methyl sites for hydroxylation is 2. The predicted molar refractivity (Wildman–Crippen MR) is 109 cm³/mol. The van der Waals surface area contributed by atoms with Crippen LogP contribution in [-0.4, -0.2) is 46.2 Å². The average molecular weight is 413 g/mol. The maximum atomic E-state index is 12.8. The standard InChI is InChI=1S/C21H24N4O3S/c1-16-20(21-22-12-5-15-25(21)23-16)19(26)11-8-17-6-9-18(10-7-17)29(27,28)24-13-3-2-4-14-24/h5-7,9-10,12,15H,2-4,8,11,13-14H2,1H3. The van der Waals surface area contributed by atoms with Gasteiger partial charge in [0, 0.05) is 31.9 Å². The Kier molecular flexibility index (Phi) is 5.47. The molecular weight excluding hydrogens is 388 g/mol. The fourth-order valence-electron chi connectivity index (χ4n) is 3.79. The summed E-state index contributed by atoms with van der Waals surface area (Å²) in [6.07, 6.45) is 7.18.